The van der Waals surface area contributed by atoms with E-state index in [-0.39, 0.29) is 5.54 Å². The van der Waals surface area contributed by atoms with Gasteiger partial charge in [-0.15, -0.1) is 0 Å². The topological polar surface area (TPSA) is 49.3 Å². The third-order valence-corrected chi connectivity index (χ3v) is 6.91. The average Bonchev–Trinajstić information content (AvgIpc) is 3.40. The molecule has 4 heterocycles. The highest BCUT2D eigenvalue weighted by Gasteiger charge is 2.43. The highest BCUT2D eigenvalue weighted by Crippen LogP contribution is 2.38. The number of guanidine groups is 1. The van der Waals surface area contributed by atoms with Crippen LogP contribution in [0.15, 0.2) is 4.99 Å². The first kappa shape index (κ1) is 17.6. The van der Waals surface area contributed by atoms with E-state index < -0.39 is 0 Å². The molecule has 4 rings (SSSR count). The summed E-state index contributed by atoms with van der Waals surface area (Å²) in [5, 5.41) is 3.74. The quantitative estimate of drug-likeness (QED) is 0.615. The van der Waals surface area contributed by atoms with Crippen molar-refractivity contribution in [3.8, 4) is 0 Å². The maximum Gasteiger partial charge on any atom is 0.193 e. The fraction of sp³-hybridized carbons (Fsp3) is 0.947. The van der Waals surface area contributed by atoms with E-state index in [9.17, 15) is 0 Å². The lowest BCUT2D eigenvalue weighted by Gasteiger charge is -2.45. The van der Waals surface area contributed by atoms with Crippen molar-refractivity contribution in [2.75, 3.05) is 66.2 Å². The molecule has 0 aliphatic carbocycles. The molecule has 1 spiro atoms. The summed E-state index contributed by atoms with van der Waals surface area (Å²) in [4.78, 5) is 9.77. The van der Waals surface area contributed by atoms with Crippen LogP contribution >= 0.6 is 0 Å². The number of likely N-dealkylation sites (tertiary alicyclic amines) is 2. The Kier molecular flexibility index (Phi) is 5.20. The molecule has 0 bridgehead atoms. The van der Waals surface area contributed by atoms with Crippen LogP contribution in [0.2, 0.25) is 0 Å². The monoisotopic (exact) mass is 350 g/mol. The summed E-state index contributed by atoms with van der Waals surface area (Å²) in [6, 6.07) is 0. The van der Waals surface area contributed by atoms with E-state index in [4.69, 9.17) is 9.47 Å². The average molecular weight is 351 g/mol. The van der Waals surface area contributed by atoms with Gasteiger partial charge in [0.05, 0.1) is 6.61 Å². The minimum Gasteiger partial charge on any atom is -0.381 e. The Morgan fingerprint density at radius 1 is 1.00 bits per heavy atom. The molecular weight excluding hydrogens is 316 g/mol. The molecule has 6 heteroatoms. The van der Waals surface area contributed by atoms with Crippen LogP contribution in [0.25, 0.3) is 0 Å². The largest absolute Gasteiger partial charge is 0.381 e. The molecule has 4 saturated heterocycles. The molecule has 6 nitrogen and oxygen atoms in total. The van der Waals surface area contributed by atoms with Gasteiger partial charge >= 0.3 is 0 Å². The van der Waals surface area contributed by atoms with Crippen molar-refractivity contribution in [1.82, 2.24) is 15.1 Å². The molecule has 4 aliphatic rings. The predicted octanol–water partition coefficient (Wildman–Crippen LogP) is 1.32. The summed E-state index contributed by atoms with van der Waals surface area (Å²) in [6.45, 7) is 9.29. The molecule has 0 amide bonds. The summed E-state index contributed by atoms with van der Waals surface area (Å²) < 4.78 is 11.3. The van der Waals surface area contributed by atoms with Crippen LogP contribution in [0.5, 0.6) is 0 Å². The molecule has 0 aromatic rings. The number of rotatable bonds is 3. The molecule has 1 atom stereocenters. The Morgan fingerprint density at radius 2 is 1.76 bits per heavy atom. The Morgan fingerprint density at radius 3 is 2.44 bits per heavy atom. The first-order valence-electron chi connectivity index (χ1n) is 10.1. The Labute approximate surface area is 151 Å². The lowest BCUT2D eigenvalue weighted by Crippen LogP contribution is -2.58. The van der Waals surface area contributed by atoms with Gasteiger partial charge < -0.3 is 19.7 Å². The smallest absolute Gasteiger partial charge is 0.193 e. The van der Waals surface area contributed by atoms with Crippen molar-refractivity contribution in [2.24, 2.45) is 10.4 Å². The predicted molar refractivity (Wildman–Crippen MR) is 99.0 cm³/mol. The zero-order chi connectivity index (χ0) is 17.2. The van der Waals surface area contributed by atoms with E-state index in [1.807, 2.05) is 7.05 Å². The molecule has 4 fully saturated rings. The standard InChI is InChI=1S/C19H34N4O2/c1-20-17(22-10-4-18(15-22)5-11-25-16-18)21-14-19(6-12-24-13-7-19)23-8-2-3-9-23/h2-16H2,1H3,(H,20,21). The van der Waals surface area contributed by atoms with Gasteiger partial charge in [0.1, 0.15) is 0 Å². The fourth-order valence-electron chi connectivity index (χ4n) is 5.21. The Hall–Kier alpha value is -0.850. The van der Waals surface area contributed by atoms with Gasteiger partial charge in [0.15, 0.2) is 5.96 Å². The van der Waals surface area contributed by atoms with Gasteiger partial charge in [-0.05, 0) is 51.6 Å². The van der Waals surface area contributed by atoms with Crippen LogP contribution in [0.4, 0.5) is 0 Å². The van der Waals surface area contributed by atoms with E-state index in [1.165, 1.54) is 38.8 Å². The fourth-order valence-corrected chi connectivity index (χ4v) is 5.21. The number of nitrogens with zero attached hydrogens (tertiary/aromatic N) is 3. The SMILES string of the molecule is CN=C(NCC1(N2CCCC2)CCOCC1)N1CCC2(CCOC2)C1. The molecule has 1 N–H and O–H groups in total. The van der Waals surface area contributed by atoms with Gasteiger partial charge in [-0.1, -0.05) is 0 Å². The zero-order valence-corrected chi connectivity index (χ0v) is 15.8. The van der Waals surface area contributed by atoms with Gasteiger partial charge in [-0.3, -0.25) is 9.89 Å². The van der Waals surface area contributed by atoms with Crippen LogP contribution in [0, 0.1) is 5.41 Å². The summed E-state index contributed by atoms with van der Waals surface area (Å²) >= 11 is 0. The number of nitrogens with one attached hydrogen (secondary N) is 1. The van der Waals surface area contributed by atoms with Crippen LogP contribution in [0.1, 0.15) is 38.5 Å². The van der Waals surface area contributed by atoms with Crippen LogP contribution in [-0.2, 0) is 9.47 Å². The minimum atomic E-state index is 0.249. The lowest BCUT2D eigenvalue weighted by atomic mass is 9.87. The molecule has 0 radical (unpaired) electrons. The highest BCUT2D eigenvalue weighted by molar-refractivity contribution is 5.80. The molecule has 4 aliphatic heterocycles. The second kappa shape index (κ2) is 7.41. The van der Waals surface area contributed by atoms with Crippen molar-refractivity contribution in [3.63, 3.8) is 0 Å². The van der Waals surface area contributed by atoms with Crippen molar-refractivity contribution in [3.05, 3.63) is 0 Å². The molecule has 0 saturated carbocycles. The Balaban J connectivity index is 1.39. The molecule has 0 aromatic carbocycles. The maximum absolute atomic E-state index is 5.68. The molecule has 142 valence electrons. The normalized spacial score (nSPS) is 33.5. The van der Waals surface area contributed by atoms with Crippen molar-refractivity contribution in [2.45, 2.75) is 44.1 Å². The highest BCUT2D eigenvalue weighted by atomic mass is 16.5. The van der Waals surface area contributed by atoms with Crippen LogP contribution in [0.3, 0.4) is 0 Å². The molecule has 1 unspecified atom stereocenters. The lowest BCUT2D eigenvalue weighted by molar-refractivity contribution is -0.0166. The number of ether oxygens (including phenoxy) is 2. The third-order valence-electron chi connectivity index (χ3n) is 6.91. The first-order valence-corrected chi connectivity index (χ1v) is 10.1. The van der Waals surface area contributed by atoms with Gasteiger partial charge in [-0.2, -0.15) is 0 Å². The Bertz CT molecular complexity index is 478. The van der Waals surface area contributed by atoms with E-state index in [0.717, 1.165) is 64.9 Å². The second-order valence-corrected chi connectivity index (χ2v) is 8.41. The van der Waals surface area contributed by atoms with E-state index in [1.54, 1.807) is 0 Å². The zero-order valence-electron chi connectivity index (χ0n) is 15.8. The van der Waals surface area contributed by atoms with Gasteiger partial charge in [0.2, 0.25) is 0 Å². The summed E-state index contributed by atoms with van der Waals surface area (Å²) in [6.07, 6.45) is 7.38. The van der Waals surface area contributed by atoms with Crippen LogP contribution < -0.4 is 5.32 Å². The number of aliphatic imine (C=N–C) groups is 1. The van der Waals surface area contributed by atoms with Crippen molar-refractivity contribution in [1.29, 1.82) is 0 Å². The van der Waals surface area contributed by atoms with E-state index >= 15 is 0 Å². The summed E-state index contributed by atoms with van der Waals surface area (Å²) in [5.41, 5.74) is 0.626. The minimum absolute atomic E-state index is 0.249. The third kappa shape index (κ3) is 3.53. The first-order chi connectivity index (χ1) is 12.3. The van der Waals surface area contributed by atoms with E-state index in [2.05, 4.69) is 20.1 Å². The molecule has 0 aromatic heterocycles. The molecular formula is C19H34N4O2. The summed E-state index contributed by atoms with van der Waals surface area (Å²) in [7, 11) is 1.92. The van der Waals surface area contributed by atoms with Crippen molar-refractivity contribution >= 4 is 5.96 Å². The van der Waals surface area contributed by atoms with Gasteiger partial charge in [0.25, 0.3) is 0 Å². The van der Waals surface area contributed by atoms with Crippen LogP contribution in [-0.4, -0.2) is 87.5 Å². The van der Waals surface area contributed by atoms with Gasteiger partial charge in [-0.25, -0.2) is 0 Å². The maximum atomic E-state index is 5.68. The van der Waals surface area contributed by atoms with E-state index in [0.29, 0.717) is 5.41 Å². The van der Waals surface area contributed by atoms with Crippen molar-refractivity contribution < 1.29 is 9.47 Å². The molecule has 25 heavy (non-hydrogen) atoms. The number of hydrogen-bond donors (Lipinski definition) is 1. The number of hydrogen-bond acceptors (Lipinski definition) is 4. The van der Waals surface area contributed by atoms with Gasteiger partial charge in [0, 0.05) is 57.5 Å². The summed E-state index contributed by atoms with van der Waals surface area (Å²) in [5.74, 6) is 1.08. The second-order valence-electron chi connectivity index (χ2n) is 8.41.